The second-order valence-corrected chi connectivity index (χ2v) is 3.72. The third kappa shape index (κ3) is 2.58. The van der Waals surface area contributed by atoms with Gasteiger partial charge in [0, 0.05) is 5.56 Å². The minimum absolute atomic E-state index is 0.0453. The molecule has 1 unspecified atom stereocenters. The first-order valence-corrected chi connectivity index (χ1v) is 5.05. The molecule has 17 heavy (non-hydrogen) atoms. The molecule has 0 bridgehead atoms. The molecule has 1 rings (SSSR count). The van der Waals surface area contributed by atoms with Gasteiger partial charge in [-0.15, -0.1) is 0 Å². The van der Waals surface area contributed by atoms with E-state index in [0.29, 0.717) is 0 Å². The van der Waals surface area contributed by atoms with Crippen LogP contribution in [0.1, 0.15) is 30.4 Å². The number of nitro groups is 1. The molecule has 5 nitrogen and oxygen atoms in total. The molecule has 0 amide bonds. The number of nitrogens with zero attached hydrogens (tertiary/aromatic N) is 1. The normalized spacial score (nSPS) is 12.2. The Morgan fingerprint density at radius 2 is 2.18 bits per heavy atom. The minimum Gasteiger partial charge on any atom is -0.481 e. The van der Waals surface area contributed by atoms with E-state index in [4.69, 9.17) is 5.11 Å². The second kappa shape index (κ2) is 4.90. The maximum Gasteiger partial charge on any atom is 0.311 e. The van der Waals surface area contributed by atoms with Crippen molar-refractivity contribution >= 4 is 11.7 Å². The lowest BCUT2D eigenvalue weighted by Crippen LogP contribution is -2.13. The van der Waals surface area contributed by atoms with E-state index >= 15 is 0 Å². The number of benzene rings is 1. The predicted molar refractivity (Wildman–Crippen MR) is 58.5 cm³/mol. The molecular formula is C11H12FNO4. The molecule has 1 atom stereocenters. The van der Waals surface area contributed by atoms with Crippen LogP contribution < -0.4 is 0 Å². The Kier molecular flexibility index (Phi) is 3.77. The fraction of sp³-hybridized carbons (Fsp3) is 0.364. The summed E-state index contributed by atoms with van der Waals surface area (Å²) < 4.78 is 13.2. The first-order chi connectivity index (χ1) is 7.88. The van der Waals surface area contributed by atoms with Crippen molar-refractivity contribution < 1.29 is 19.2 Å². The summed E-state index contributed by atoms with van der Waals surface area (Å²) in [6.45, 7) is 3.05. The fourth-order valence-corrected chi connectivity index (χ4v) is 1.66. The van der Waals surface area contributed by atoms with Crippen molar-refractivity contribution in [2.75, 3.05) is 0 Å². The Labute approximate surface area is 97.0 Å². The molecule has 0 spiro atoms. The Morgan fingerprint density at radius 1 is 1.59 bits per heavy atom. The molecule has 0 aliphatic carbocycles. The molecule has 0 fully saturated rings. The largest absolute Gasteiger partial charge is 0.481 e. The van der Waals surface area contributed by atoms with E-state index < -0.39 is 28.3 Å². The second-order valence-electron chi connectivity index (χ2n) is 3.72. The number of aliphatic carboxylic acids is 1. The van der Waals surface area contributed by atoms with E-state index in [9.17, 15) is 19.3 Å². The summed E-state index contributed by atoms with van der Waals surface area (Å²) in [7, 11) is 0. The molecule has 0 aliphatic rings. The molecule has 1 N–H and O–H groups in total. The summed E-state index contributed by atoms with van der Waals surface area (Å²) >= 11 is 0. The van der Waals surface area contributed by atoms with Crippen LogP contribution in [0.15, 0.2) is 12.1 Å². The van der Waals surface area contributed by atoms with Crippen LogP contribution in [0.3, 0.4) is 0 Å². The van der Waals surface area contributed by atoms with Gasteiger partial charge in [-0.05, 0) is 25.0 Å². The van der Waals surface area contributed by atoms with Gasteiger partial charge < -0.3 is 5.11 Å². The molecule has 0 heterocycles. The number of rotatable bonds is 4. The van der Waals surface area contributed by atoms with Crippen LogP contribution in [0.2, 0.25) is 0 Å². The maximum absolute atomic E-state index is 13.2. The molecule has 0 radical (unpaired) electrons. The van der Waals surface area contributed by atoms with Crippen molar-refractivity contribution in [2.45, 2.75) is 26.2 Å². The number of carboxylic acid groups (broad SMARTS) is 1. The van der Waals surface area contributed by atoms with Gasteiger partial charge in [-0.2, -0.15) is 0 Å². The molecule has 0 aliphatic heterocycles. The van der Waals surface area contributed by atoms with E-state index in [2.05, 4.69) is 0 Å². The Morgan fingerprint density at radius 3 is 2.59 bits per heavy atom. The number of aryl methyl sites for hydroxylation is 1. The van der Waals surface area contributed by atoms with Crippen molar-refractivity contribution in [3.63, 3.8) is 0 Å². The number of halogens is 1. The molecule has 0 saturated heterocycles. The van der Waals surface area contributed by atoms with E-state index in [1.807, 2.05) is 0 Å². The highest BCUT2D eigenvalue weighted by Crippen LogP contribution is 2.31. The number of hydrogen-bond donors (Lipinski definition) is 1. The van der Waals surface area contributed by atoms with Crippen molar-refractivity contribution in [3.8, 4) is 0 Å². The van der Waals surface area contributed by atoms with Gasteiger partial charge in [0.25, 0.3) is 5.69 Å². The van der Waals surface area contributed by atoms with Gasteiger partial charge in [0.15, 0.2) is 0 Å². The summed E-state index contributed by atoms with van der Waals surface area (Å²) in [6, 6.07) is 2.01. The fourth-order valence-electron chi connectivity index (χ4n) is 1.66. The monoisotopic (exact) mass is 241 g/mol. The van der Waals surface area contributed by atoms with Gasteiger partial charge >= 0.3 is 5.97 Å². The van der Waals surface area contributed by atoms with Crippen molar-refractivity contribution in [1.29, 1.82) is 0 Å². The molecular weight excluding hydrogens is 229 g/mol. The average molecular weight is 241 g/mol. The Hall–Kier alpha value is -1.98. The molecule has 1 aromatic carbocycles. The highest BCUT2D eigenvalue weighted by atomic mass is 19.1. The van der Waals surface area contributed by atoms with Crippen LogP contribution in [0.4, 0.5) is 10.1 Å². The van der Waals surface area contributed by atoms with Crippen LogP contribution in [0.5, 0.6) is 0 Å². The number of carboxylic acids is 1. The van der Waals surface area contributed by atoms with Crippen LogP contribution in [0.25, 0.3) is 0 Å². The zero-order valence-corrected chi connectivity index (χ0v) is 9.44. The Balaban J connectivity index is 3.44. The zero-order valence-electron chi connectivity index (χ0n) is 9.44. The Bertz CT molecular complexity index is 473. The highest BCUT2D eigenvalue weighted by molar-refractivity contribution is 5.78. The lowest BCUT2D eigenvalue weighted by molar-refractivity contribution is -0.385. The predicted octanol–water partition coefficient (Wildman–Crippen LogP) is 2.62. The third-order valence-corrected chi connectivity index (χ3v) is 2.59. The van der Waals surface area contributed by atoms with Crippen molar-refractivity contribution in [1.82, 2.24) is 0 Å². The van der Waals surface area contributed by atoms with Gasteiger partial charge in [0.1, 0.15) is 5.82 Å². The van der Waals surface area contributed by atoms with E-state index in [1.165, 1.54) is 13.0 Å². The van der Waals surface area contributed by atoms with Crippen LogP contribution in [-0.4, -0.2) is 16.0 Å². The smallest absolute Gasteiger partial charge is 0.311 e. The minimum atomic E-state index is -1.15. The quantitative estimate of drug-likeness (QED) is 0.649. The summed E-state index contributed by atoms with van der Waals surface area (Å²) in [5.41, 5.74) is -0.239. The first kappa shape index (κ1) is 13.1. The first-order valence-electron chi connectivity index (χ1n) is 5.05. The number of carbonyl (C=O) groups is 1. The van der Waals surface area contributed by atoms with Gasteiger partial charge in [-0.25, -0.2) is 4.39 Å². The van der Waals surface area contributed by atoms with E-state index in [-0.39, 0.29) is 17.5 Å². The molecule has 1 aromatic rings. The molecule has 0 aromatic heterocycles. The summed E-state index contributed by atoms with van der Waals surface area (Å²) in [5.74, 6) is -2.85. The van der Waals surface area contributed by atoms with Gasteiger partial charge in [0.05, 0.1) is 16.9 Å². The number of hydrogen-bond acceptors (Lipinski definition) is 3. The standard InChI is InChI=1S/C11H12FNO4/c1-3-7(11(14)15)8-4-6(2)9(12)5-10(8)13(16)17/h4-5,7H,3H2,1-2H3,(H,14,15). The summed E-state index contributed by atoms with van der Waals surface area (Å²) in [5, 5.41) is 19.8. The van der Waals surface area contributed by atoms with E-state index in [1.54, 1.807) is 6.92 Å². The topological polar surface area (TPSA) is 80.4 Å². The van der Waals surface area contributed by atoms with E-state index in [0.717, 1.165) is 6.07 Å². The maximum atomic E-state index is 13.2. The highest BCUT2D eigenvalue weighted by Gasteiger charge is 2.27. The molecule has 0 saturated carbocycles. The van der Waals surface area contributed by atoms with Crippen LogP contribution >= 0.6 is 0 Å². The van der Waals surface area contributed by atoms with Gasteiger partial charge in [0.2, 0.25) is 0 Å². The molecule has 6 heteroatoms. The summed E-state index contributed by atoms with van der Waals surface area (Å²) in [6.07, 6.45) is 0.210. The van der Waals surface area contributed by atoms with Crippen LogP contribution in [0, 0.1) is 22.9 Å². The van der Waals surface area contributed by atoms with Crippen LogP contribution in [-0.2, 0) is 4.79 Å². The molecule has 92 valence electrons. The number of nitro benzene ring substituents is 1. The van der Waals surface area contributed by atoms with Crippen molar-refractivity contribution in [3.05, 3.63) is 39.2 Å². The summed E-state index contributed by atoms with van der Waals surface area (Å²) in [4.78, 5) is 21.0. The zero-order chi connectivity index (χ0) is 13.2. The SMILES string of the molecule is CCC(C(=O)O)c1cc(C)c(F)cc1[N+](=O)[O-]. The lowest BCUT2D eigenvalue weighted by atomic mass is 9.93. The lowest BCUT2D eigenvalue weighted by Gasteiger charge is -2.11. The van der Waals surface area contributed by atoms with Gasteiger partial charge in [-0.1, -0.05) is 6.92 Å². The van der Waals surface area contributed by atoms with Gasteiger partial charge in [-0.3, -0.25) is 14.9 Å². The third-order valence-electron chi connectivity index (χ3n) is 2.59. The average Bonchev–Trinajstić information content (AvgIpc) is 2.22. The van der Waals surface area contributed by atoms with Crippen molar-refractivity contribution in [2.24, 2.45) is 0 Å².